The van der Waals surface area contributed by atoms with Crippen molar-refractivity contribution in [3.05, 3.63) is 82.9 Å². The molecule has 8 heteroatoms. The largest absolute Gasteiger partial charge is 0.355 e. The quantitative estimate of drug-likeness (QED) is 0.500. The number of benzene rings is 2. The summed E-state index contributed by atoms with van der Waals surface area (Å²) in [6.45, 7) is 0.524. The maximum Gasteiger partial charge on any atom is 0.346 e. The van der Waals surface area contributed by atoms with E-state index in [4.69, 9.17) is 4.52 Å². The fourth-order valence-corrected chi connectivity index (χ4v) is 3.50. The molecule has 2 heterocycles. The van der Waals surface area contributed by atoms with Crippen LogP contribution in [-0.2, 0) is 6.54 Å². The molecule has 1 N–H and O–H groups in total. The first-order valence-corrected chi connectivity index (χ1v) is 10.3. The smallest absolute Gasteiger partial charge is 0.346 e. The lowest BCUT2D eigenvalue weighted by atomic mass is 10.1. The van der Waals surface area contributed by atoms with Gasteiger partial charge >= 0.3 is 5.69 Å². The van der Waals surface area contributed by atoms with Gasteiger partial charge in [0, 0.05) is 29.8 Å². The molecule has 0 aliphatic heterocycles. The Kier molecular flexibility index (Phi) is 4.95. The fourth-order valence-electron chi connectivity index (χ4n) is 3.50. The van der Waals surface area contributed by atoms with Crippen molar-refractivity contribution < 1.29 is 9.32 Å². The first-order valence-electron chi connectivity index (χ1n) is 10.3. The number of hydrogen-bond acceptors (Lipinski definition) is 5. The molecule has 4 aromatic rings. The Morgan fingerprint density at radius 3 is 2.39 bits per heavy atom. The standard InChI is InChI=1S/C23H21N5O3/c29-22(19-15-20(31-26-19)16-7-3-1-4-8-16)24-13-14-27-23(30)28(18-11-12-18)21(25-27)17-9-5-2-6-10-17/h1-10,15,18H,11-14H2,(H,24,29). The highest BCUT2D eigenvalue weighted by atomic mass is 16.5. The number of nitrogens with one attached hydrogen (secondary N) is 1. The van der Waals surface area contributed by atoms with Gasteiger partial charge in [-0.25, -0.2) is 9.48 Å². The minimum Gasteiger partial charge on any atom is -0.355 e. The van der Waals surface area contributed by atoms with Crippen LogP contribution >= 0.6 is 0 Å². The van der Waals surface area contributed by atoms with Crippen LogP contribution in [0.3, 0.4) is 0 Å². The molecule has 1 aliphatic carbocycles. The monoisotopic (exact) mass is 415 g/mol. The third-order valence-corrected chi connectivity index (χ3v) is 5.22. The molecule has 5 rings (SSSR count). The minimum atomic E-state index is -0.358. The molecule has 0 saturated heterocycles. The third kappa shape index (κ3) is 3.92. The van der Waals surface area contributed by atoms with E-state index >= 15 is 0 Å². The summed E-state index contributed by atoms with van der Waals surface area (Å²) in [6, 6.07) is 20.9. The lowest BCUT2D eigenvalue weighted by Gasteiger charge is -2.02. The first kappa shape index (κ1) is 19.0. The van der Waals surface area contributed by atoms with E-state index in [-0.39, 0.29) is 36.4 Å². The van der Waals surface area contributed by atoms with Crippen LogP contribution in [0.15, 0.2) is 76.0 Å². The second-order valence-corrected chi connectivity index (χ2v) is 7.49. The number of rotatable bonds is 7. The van der Waals surface area contributed by atoms with E-state index in [9.17, 15) is 9.59 Å². The van der Waals surface area contributed by atoms with Crippen molar-refractivity contribution in [1.29, 1.82) is 0 Å². The predicted molar refractivity (Wildman–Crippen MR) is 114 cm³/mol. The molecule has 0 radical (unpaired) electrons. The third-order valence-electron chi connectivity index (χ3n) is 5.22. The molecule has 1 saturated carbocycles. The summed E-state index contributed by atoms with van der Waals surface area (Å²) in [4.78, 5) is 25.3. The van der Waals surface area contributed by atoms with Crippen molar-refractivity contribution in [3.8, 4) is 22.7 Å². The van der Waals surface area contributed by atoms with Gasteiger partial charge in [0.2, 0.25) is 0 Å². The lowest BCUT2D eigenvalue weighted by molar-refractivity contribution is 0.0943. The van der Waals surface area contributed by atoms with Crippen LogP contribution in [0.5, 0.6) is 0 Å². The number of carbonyl (C=O) groups excluding carboxylic acids is 1. The second-order valence-electron chi connectivity index (χ2n) is 7.49. The summed E-state index contributed by atoms with van der Waals surface area (Å²) < 4.78 is 8.46. The number of nitrogens with zero attached hydrogens (tertiary/aromatic N) is 4. The summed E-state index contributed by atoms with van der Waals surface area (Å²) in [5, 5.41) is 11.2. The molecule has 2 aromatic heterocycles. The Morgan fingerprint density at radius 1 is 1.03 bits per heavy atom. The molecule has 0 atom stereocenters. The van der Waals surface area contributed by atoms with E-state index in [1.54, 1.807) is 10.6 Å². The summed E-state index contributed by atoms with van der Waals surface area (Å²) in [5.74, 6) is 0.838. The predicted octanol–water partition coefficient (Wildman–Crippen LogP) is 3.13. The first-order chi connectivity index (χ1) is 15.2. The average molecular weight is 415 g/mol. The number of aromatic nitrogens is 4. The van der Waals surface area contributed by atoms with Gasteiger partial charge in [-0.2, -0.15) is 0 Å². The topological polar surface area (TPSA) is 95.0 Å². The molecule has 2 aromatic carbocycles. The van der Waals surface area contributed by atoms with E-state index in [0.29, 0.717) is 11.6 Å². The van der Waals surface area contributed by atoms with Crippen molar-refractivity contribution in [2.24, 2.45) is 0 Å². The zero-order valence-electron chi connectivity index (χ0n) is 16.8. The molecule has 156 valence electrons. The molecule has 0 unspecified atom stereocenters. The van der Waals surface area contributed by atoms with E-state index in [2.05, 4.69) is 15.6 Å². The highest BCUT2D eigenvalue weighted by molar-refractivity contribution is 5.93. The second kappa shape index (κ2) is 8.06. The number of carbonyl (C=O) groups is 1. The van der Waals surface area contributed by atoms with E-state index in [1.165, 1.54) is 4.68 Å². The Balaban J connectivity index is 1.27. The zero-order chi connectivity index (χ0) is 21.2. The van der Waals surface area contributed by atoms with E-state index in [1.807, 2.05) is 60.7 Å². The van der Waals surface area contributed by atoms with E-state index in [0.717, 1.165) is 24.0 Å². The molecule has 1 fully saturated rings. The van der Waals surface area contributed by atoms with E-state index < -0.39 is 0 Å². The summed E-state index contributed by atoms with van der Waals surface area (Å²) in [7, 11) is 0. The van der Waals surface area contributed by atoms with Crippen molar-refractivity contribution in [1.82, 2.24) is 24.8 Å². The van der Waals surface area contributed by atoms with Crippen LogP contribution in [0.1, 0.15) is 29.4 Å². The molecule has 0 bridgehead atoms. The van der Waals surface area contributed by atoms with Gasteiger partial charge in [-0.1, -0.05) is 65.8 Å². The van der Waals surface area contributed by atoms with Gasteiger partial charge in [0.25, 0.3) is 5.91 Å². The van der Waals surface area contributed by atoms with Gasteiger partial charge in [-0.05, 0) is 12.8 Å². The lowest BCUT2D eigenvalue weighted by Crippen LogP contribution is -2.32. The van der Waals surface area contributed by atoms with Crippen LogP contribution in [0.25, 0.3) is 22.7 Å². The highest BCUT2D eigenvalue weighted by Crippen LogP contribution is 2.36. The molecular formula is C23H21N5O3. The molecule has 1 aliphatic rings. The Morgan fingerprint density at radius 2 is 1.71 bits per heavy atom. The molecule has 31 heavy (non-hydrogen) atoms. The Hall–Kier alpha value is -3.94. The summed E-state index contributed by atoms with van der Waals surface area (Å²) in [5.41, 5.74) is 1.80. The van der Waals surface area contributed by atoms with Crippen molar-refractivity contribution >= 4 is 5.91 Å². The fraction of sp³-hybridized carbons (Fsp3) is 0.217. The van der Waals surface area contributed by atoms with Crippen LogP contribution in [-0.4, -0.2) is 32.0 Å². The maximum absolute atomic E-state index is 12.9. The summed E-state index contributed by atoms with van der Waals surface area (Å²) >= 11 is 0. The number of hydrogen-bond donors (Lipinski definition) is 1. The van der Waals surface area contributed by atoms with Crippen LogP contribution in [0.2, 0.25) is 0 Å². The van der Waals surface area contributed by atoms with Gasteiger partial charge in [0.15, 0.2) is 17.3 Å². The molecular weight excluding hydrogens is 394 g/mol. The van der Waals surface area contributed by atoms with Crippen molar-refractivity contribution in [2.45, 2.75) is 25.4 Å². The minimum absolute atomic E-state index is 0.150. The van der Waals surface area contributed by atoms with Crippen LogP contribution in [0.4, 0.5) is 0 Å². The number of amides is 1. The van der Waals surface area contributed by atoms with Crippen molar-refractivity contribution in [2.75, 3.05) is 6.54 Å². The maximum atomic E-state index is 12.9. The van der Waals surface area contributed by atoms with Gasteiger partial charge in [-0.3, -0.25) is 9.36 Å². The van der Waals surface area contributed by atoms with Gasteiger partial charge < -0.3 is 9.84 Å². The Bertz CT molecular complexity index is 1250. The van der Waals surface area contributed by atoms with Crippen LogP contribution in [0, 0.1) is 0 Å². The average Bonchev–Trinajstić information content (AvgIpc) is 3.42. The van der Waals surface area contributed by atoms with Gasteiger partial charge in [-0.15, -0.1) is 5.10 Å². The van der Waals surface area contributed by atoms with Crippen LogP contribution < -0.4 is 11.0 Å². The zero-order valence-corrected chi connectivity index (χ0v) is 16.8. The SMILES string of the molecule is O=C(NCCn1nc(-c2ccccc2)n(C2CC2)c1=O)c1cc(-c2ccccc2)on1. The summed E-state index contributed by atoms with van der Waals surface area (Å²) in [6.07, 6.45) is 1.97. The molecule has 1 amide bonds. The molecule has 0 spiro atoms. The van der Waals surface area contributed by atoms with Crippen molar-refractivity contribution in [3.63, 3.8) is 0 Å². The Labute approximate surface area is 178 Å². The van der Waals surface area contributed by atoms with Gasteiger partial charge in [0.05, 0.1) is 6.54 Å². The van der Waals surface area contributed by atoms with Gasteiger partial charge in [0.1, 0.15) is 0 Å². The normalized spacial score (nSPS) is 13.3. The molecule has 8 nitrogen and oxygen atoms in total. The highest BCUT2D eigenvalue weighted by Gasteiger charge is 2.30.